The molecule has 0 bridgehead atoms. The first-order chi connectivity index (χ1) is 11.0. The van der Waals surface area contributed by atoms with Gasteiger partial charge in [0.25, 0.3) is 0 Å². The van der Waals surface area contributed by atoms with E-state index in [1.165, 1.54) is 38.5 Å². The zero-order valence-electron chi connectivity index (χ0n) is 14.4. The van der Waals surface area contributed by atoms with E-state index in [9.17, 15) is 19.8 Å². The summed E-state index contributed by atoms with van der Waals surface area (Å²) >= 11 is 0. The van der Waals surface area contributed by atoms with Gasteiger partial charge in [-0.3, -0.25) is 9.59 Å². The predicted octanol–water partition coefficient (Wildman–Crippen LogP) is 5.03. The maximum absolute atomic E-state index is 11.8. The maximum atomic E-state index is 11.8. The molecule has 23 heavy (non-hydrogen) atoms. The molecule has 0 radical (unpaired) electrons. The zero-order chi connectivity index (χ0) is 17.1. The normalized spacial score (nSPS) is 23.8. The van der Waals surface area contributed by atoms with Crippen molar-refractivity contribution >= 4 is 11.9 Å². The third-order valence-corrected chi connectivity index (χ3v) is 5.14. The molecule has 0 amide bonds. The van der Waals surface area contributed by atoms with Crippen molar-refractivity contribution in [3.05, 3.63) is 12.2 Å². The van der Waals surface area contributed by atoms with Crippen LogP contribution in [0.15, 0.2) is 12.2 Å². The van der Waals surface area contributed by atoms with Crippen LogP contribution >= 0.6 is 0 Å². The van der Waals surface area contributed by atoms with E-state index in [0.717, 1.165) is 19.3 Å². The monoisotopic (exact) mass is 324 g/mol. The van der Waals surface area contributed by atoms with Gasteiger partial charge in [0.05, 0.1) is 11.3 Å². The SMILES string of the molecule is CCCCCCCCCCCC1(C(=O)O)CC=CCC1C(=O)O. The molecule has 2 unspecified atom stereocenters. The Balaban J connectivity index is 2.35. The van der Waals surface area contributed by atoms with E-state index < -0.39 is 23.3 Å². The van der Waals surface area contributed by atoms with E-state index in [-0.39, 0.29) is 0 Å². The fourth-order valence-corrected chi connectivity index (χ4v) is 3.60. The minimum absolute atomic E-state index is 0.332. The summed E-state index contributed by atoms with van der Waals surface area (Å²) in [6, 6.07) is 0. The molecule has 0 aromatic heterocycles. The van der Waals surface area contributed by atoms with Gasteiger partial charge >= 0.3 is 11.9 Å². The summed E-state index contributed by atoms with van der Waals surface area (Å²) < 4.78 is 0. The van der Waals surface area contributed by atoms with Gasteiger partial charge < -0.3 is 10.2 Å². The quantitative estimate of drug-likeness (QED) is 0.390. The summed E-state index contributed by atoms with van der Waals surface area (Å²) in [6.07, 6.45) is 15.3. The highest BCUT2D eigenvalue weighted by molar-refractivity contribution is 5.84. The molecule has 2 atom stereocenters. The Morgan fingerprint density at radius 2 is 1.52 bits per heavy atom. The number of rotatable bonds is 12. The van der Waals surface area contributed by atoms with Crippen molar-refractivity contribution in [1.82, 2.24) is 0 Å². The number of unbranched alkanes of at least 4 members (excludes halogenated alkanes) is 8. The molecule has 0 spiro atoms. The molecule has 0 fully saturated rings. The van der Waals surface area contributed by atoms with Gasteiger partial charge in [0.1, 0.15) is 0 Å². The molecule has 1 aliphatic carbocycles. The Kier molecular flexibility index (Phi) is 8.97. The lowest BCUT2D eigenvalue weighted by Gasteiger charge is -2.36. The second-order valence-electron chi connectivity index (χ2n) is 6.84. The number of hydrogen-bond donors (Lipinski definition) is 2. The van der Waals surface area contributed by atoms with Crippen molar-refractivity contribution in [2.75, 3.05) is 0 Å². The standard InChI is InChI=1S/C19H32O4/c1-2-3-4-5-6-7-8-9-11-14-19(18(22)23)15-12-10-13-16(19)17(20)21/h10,12,16H,2-9,11,13-15H2,1H3,(H,20,21)(H,22,23). The van der Waals surface area contributed by atoms with Crippen LogP contribution in [-0.2, 0) is 9.59 Å². The molecule has 0 saturated heterocycles. The van der Waals surface area contributed by atoms with Gasteiger partial charge in [-0.2, -0.15) is 0 Å². The molecule has 0 aliphatic heterocycles. The lowest BCUT2D eigenvalue weighted by molar-refractivity contribution is -0.163. The Bertz CT molecular complexity index is 402. The van der Waals surface area contributed by atoms with E-state index in [4.69, 9.17) is 0 Å². The Hall–Kier alpha value is -1.32. The molecule has 0 aromatic rings. The number of allylic oxidation sites excluding steroid dienone is 2. The number of carboxylic acids is 2. The molecular weight excluding hydrogens is 292 g/mol. The van der Waals surface area contributed by atoms with Gasteiger partial charge in [-0.1, -0.05) is 76.9 Å². The third-order valence-electron chi connectivity index (χ3n) is 5.14. The van der Waals surface area contributed by atoms with Crippen molar-refractivity contribution < 1.29 is 19.8 Å². The van der Waals surface area contributed by atoms with E-state index in [0.29, 0.717) is 19.3 Å². The molecule has 2 N–H and O–H groups in total. The van der Waals surface area contributed by atoms with Gasteiger partial charge in [-0.25, -0.2) is 0 Å². The smallest absolute Gasteiger partial charge is 0.310 e. The number of carboxylic acid groups (broad SMARTS) is 2. The van der Waals surface area contributed by atoms with Crippen LogP contribution in [0.1, 0.15) is 84.0 Å². The van der Waals surface area contributed by atoms with Crippen LogP contribution in [0.3, 0.4) is 0 Å². The second kappa shape index (κ2) is 10.5. The van der Waals surface area contributed by atoms with Crippen LogP contribution in [0, 0.1) is 11.3 Å². The zero-order valence-corrected chi connectivity index (χ0v) is 14.4. The van der Waals surface area contributed by atoms with Crippen LogP contribution < -0.4 is 0 Å². The number of aliphatic carboxylic acids is 2. The van der Waals surface area contributed by atoms with Gasteiger partial charge in [-0.15, -0.1) is 0 Å². The topological polar surface area (TPSA) is 74.6 Å². The lowest BCUT2D eigenvalue weighted by Crippen LogP contribution is -2.43. The average molecular weight is 324 g/mol. The Morgan fingerprint density at radius 3 is 2.04 bits per heavy atom. The molecular formula is C19H32O4. The molecule has 0 saturated carbocycles. The van der Waals surface area contributed by atoms with Crippen LogP contribution in [0.2, 0.25) is 0 Å². The van der Waals surface area contributed by atoms with Gasteiger partial charge in [0, 0.05) is 0 Å². The molecule has 132 valence electrons. The summed E-state index contributed by atoms with van der Waals surface area (Å²) in [7, 11) is 0. The van der Waals surface area contributed by atoms with Crippen LogP contribution in [0.25, 0.3) is 0 Å². The molecule has 0 aromatic carbocycles. The summed E-state index contributed by atoms with van der Waals surface area (Å²) in [6.45, 7) is 2.21. The second-order valence-corrected chi connectivity index (χ2v) is 6.84. The minimum atomic E-state index is -1.11. The molecule has 4 heteroatoms. The first kappa shape index (κ1) is 19.7. The van der Waals surface area contributed by atoms with Gasteiger partial charge in [0.15, 0.2) is 0 Å². The van der Waals surface area contributed by atoms with Crippen molar-refractivity contribution in [3.8, 4) is 0 Å². The summed E-state index contributed by atoms with van der Waals surface area (Å²) in [5.74, 6) is -2.72. The highest BCUT2D eigenvalue weighted by Gasteiger charge is 2.48. The van der Waals surface area contributed by atoms with Crippen LogP contribution in [0.5, 0.6) is 0 Å². The maximum Gasteiger partial charge on any atom is 0.310 e. The highest BCUT2D eigenvalue weighted by atomic mass is 16.4. The fourth-order valence-electron chi connectivity index (χ4n) is 3.60. The van der Waals surface area contributed by atoms with E-state index in [1.807, 2.05) is 6.08 Å². The van der Waals surface area contributed by atoms with Crippen LogP contribution in [0.4, 0.5) is 0 Å². The van der Waals surface area contributed by atoms with E-state index >= 15 is 0 Å². The van der Waals surface area contributed by atoms with Gasteiger partial charge in [-0.05, 0) is 19.3 Å². The summed E-state index contributed by atoms with van der Waals surface area (Å²) in [5.41, 5.74) is -1.11. The molecule has 4 nitrogen and oxygen atoms in total. The highest BCUT2D eigenvalue weighted by Crippen LogP contribution is 2.43. The fraction of sp³-hybridized carbons (Fsp3) is 0.789. The minimum Gasteiger partial charge on any atom is -0.481 e. The first-order valence-corrected chi connectivity index (χ1v) is 9.16. The number of carbonyl (C=O) groups is 2. The average Bonchev–Trinajstić information content (AvgIpc) is 2.53. The summed E-state index contributed by atoms with van der Waals surface area (Å²) in [5, 5.41) is 19.0. The van der Waals surface area contributed by atoms with E-state index in [2.05, 4.69) is 6.92 Å². The molecule has 0 heterocycles. The number of hydrogen-bond acceptors (Lipinski definition) is 2. The Labute approximate surface area is 140 Å². The third kappa shape index (κ3) is 6.00. The van der Waals surface area contributed by atoms with Crippen molar-refractivity contribution in [1.29, 1.82) is 0 Å². The predicted molar refractivity (Wildman–Crippen MR) is 91.4 cm³/mol. The first-order valence-electron chi connectivity index (χ1n) is 9.16. The largest absolute Gasteiger partial charge is 0.481 e. The van der Waals surface area contributed by atoms with Gasteiger partial charge in [0.2, 0.25) is 0 Å². The van der Waals surface area contributed by atoms with E-state index in [1.54, 1.807) is 6.08 Å². The van der Waals surface area contributed by atoms with Crippen molar-refractivity contribution in [3.63, 3.8) is 0 Å². The van der Waals surface area contributed by atoms with Crippen molar-refractivity contribution in [2.24, 2.45) is 11.3 Å². The summed E-state index contributed by atoms with van der Waals surface area (Å²) in [4.78, 5) is 23.2. The Morgan fingerprint density at radius 1 is 0.957 bits per heavy atom. The van der Waals surface area contributed by atoms with Crippen LogP contribution in [-0.4, -0.2) is 22.2 Å². The molecule has 1 rings (SSSR count). The lowest BCUT2D eigenvalue weighted by atomic mass is 9.66. The van der Waals surface area contributed by atoms with Crippen molar-refractivity contribution in [2.45, 2.75) is 84.0 Å². The molecule has 1 aliphatic rings.